The van der Waals surface area contributed by atoms with Gasteiger partial charge in [-0.1, -0.05) is 35.9 Å². The number of methoxy groups -OCH3 is 1. The molecule has 0 bridgehead atoms. The lowest BCUT2D eigenvalue weighted by atomic mass is 10.1. The highest BCUT2D eigenvalue weighted by Crippen LogP contribution is 2.25. The molecule has 0 spiro atoms. The number of nitrogens with zero attached hydrogens (tertiary/aromatic N) is 2. The summed E-state index contributed by atoms with van der Waals surface area (Å²) in [6.07, 6.45) is 0. The molecule has 1 aliphatic heterocycles. The third kappa shape index (κ3) is 3.92. The van der Waals surface area contributed by atoms with E-state index in [1.54, 1.807) is 66.6 Å². The molecule has 3 aromatic carbocycles. The third-order valence-corrected chi connectivity index (χ3v) is 5.30. The topological polar surface area (TPSA) is 66.9 Å². The predicted octanol–water partition coefficient (Wildman–Crippen LogP) is 3.95. The van der Waals surface area contributed by atoms with Crippen molar-refractivity contribution in [2.75, 3.05) is 25.1 Å². The van der Waals surface area contributed by atoms with Crippen molar-refractivity contribution in [3.63, 3.8) is 0 Å². The summed E-state index contributed by atoms with van der Waals surface area (Å²) in [7, 11) is 1.56. The molecule has 3 aromatic rings. The molecule has 0 unspecified atom stereocenters. The lowest BCUT2D eigenvalue weighted by molar-refractivity contribution is 0.0654. The van der Waals surface area contributed by atoms with Gasteiger partial charge in [-0.3, -0.25) is 19.3 Å². The lowest BCUT2D eigenvalue weighted by Crippen LogP contribution is -2.41. The molecule has 156 valence electrons. The van der Waals surface area contributed by atoms with Crippen LogP contribution in [0.5, 0.6) is 5.75 Å². The molecule has 1 heterocycles. The first-order chi connectivity index (χ1) is 15.0. The van der Waals surface area contributed by atoms with E-state index in [2.05, 4.69) is 0 Å². The Balaban J connectivity index is 1.63. The van der Waals surface area contributed by atoms with Crippen molar-refractivity contribution in [1.82, 2.24) is 4.90 Å². The molecule has 0 N–H and O–H groups in total. The normalized spacial score (nSPS) is 12.6. The molecule has 4 rings (SSSR count). The second kappa shape index (κ2) is 8.44. The van der Waals surface area contributed by atoms with Gasteiger partial charge in [-0.25, -0.2) is 0 Å². The first-order valence-electron chi connectivity index (χ1n) is 9.97. The second-order valence-electron chi connectivity index (χ2n) is 7.34. The number of hydrogen-bond acceptors (Lipinski definition) is 4. The fourth-order valence-electron chi connectivity index (χ4n) is 3.70. The smallest absolute Gasteiger partial charge is 0.261 e. The van der Waals surface area contributed by atoms with Crippen LogP contribution >= 0.6 is 0 Å². The number of imide groups is 1. The Bertz CT molecular complexity index is 1140. The number of carbonyl (C=O) groups excluding carboxylic acids is 3. The summed E-state index contributed by atoms with van der Waals surface area (Å²) in [5, 5.41) is 0. The minimum atomic E-state index is -0.339. The maximum atomic E-state index is 13.4. The zero-order chi connectivity index (χ0) is 22.0. The summed E-state index contributed by atoms with van der Waals surface area (Å²) in [5.74, 6) is -0.280. The summed E-state index contributed by atoms with van der Waals surface area (Å²) >= 11 is 0. The summed E-state index contributed by atoms with van der Waals surface area (Å²) in [6.45, 7) is 2.16. The van der Waals surface area contributed by atoms with Crippen LogP contribution in [0.1, 0.15) is 36.6 Å². The summed E-state index contributed by atoms with van der Waals surface area (Å²) in [5.41, 5.74) is 2.92. The number of ether oxygens (including phenoxy) is 1. The second-order valence-corrected chi connectivity index (χ2v) is 7.34. The molecule has 6 heteroatoms. The molecule has 0 aromatic heterocycles. The molecule has 6 nitrogen and oxygen atoms in total. The van der Waals surface area contributed by atoms with Crippen LogP contribution in [0.3, 0.4) is 0 Å². The van der Waals surface area contributed by atoms with Crippen molar-refractivity contribution in [3.05, 3.63) is 95.1 Å². The van der Waals surface area contributed by atoms with E-state index in [1.165, 1.54) is 4.90 Å². The fourth-order valence-corrected chi connectivity index (χ4v) is 3.70. The molecule has 0 fully saturated rings. The average Bonchev–Trinajstić information content (AvgIpc) is 3.04. The van der Waals surface area contributed by atoms with Crippen molar-refractivity contribution in [2.24, 2.45) is 0 Å². The molecule has 1 aliphatic rings. The van der Waals surface area contributed by atoms with E-state index in [9.17, 15) is 14.4 Å². The van der Waals surface area contributed by atoms with Crippen molar-refractivity contribution in [2.45, 2.75) is 6.92 Å². The number of benzene rings is 3. The number of fused-ring (bicyclic) bond motifs is 1. The van der Waals surface area contributed by atoms with Crippen LogP contribution in [-0.2, 0) is 0 Å². The molecule has 0 saturated carbocycles. The number of amides is 3. The van der Waals surface area contributed by atoms with Crippen LogP contribution < -0.4 is 9.64 Å². The van der Waals surface area contributed by atoms with E-state index in [4.69, 9.17) is 4.74 Å². The van der Waals surface area contributed by atoms with Gasteiger partial charge in [-0.2, -0.15) is 0 Å². The number of anilines is 1. The van der Waals surface area contributed by atoms with Crippen LogP contribution in [-0.4, -0.2) is 42.8 Å². The molecule has 0 atom stereocenters. The lowest BCUT2D eigenvalue weighted by Gasteiger charge is -2.25. The maximum absolute atomic E-state index is 13.4. The Morgan fingerprint density at radius 3 is 2.23 bits per heavy atom. The van der Waals surface area contributed by atoms with Gasteiger partial charge in [0.1, 0.15) is 5.75 Å². The summed E-state index contributed by atoms with van der Waals surface area (Å²) in [4.78, 5) is 41.6. The monoisotopic (exact) mass is 414 g/mol. The standard InChI is InChI=1S/C25H22N2O4/c1-17-7-5-8-18(15-17)23(28)26(19-9-6-10-20(16-19)31-2)13-14-27-24(29)21-11-3-4-12-22(21)25(27)30/h3-12,15-16H,13-14H2,1-2H3. The summed E-state index contributed by atoms with van der Waals surface area (Å²) in [6, 6.07) is 21.2. The van der Waals surface area contributed by atoms with Gasteiger partial charge >= 0.3 is 0 Å². The van der Waals surface area contributed by atoms with Crippen molar-refractivity contribution < 1.29 is 19.1 Å². The van der Waals surface area contributed by atoms with Gasteiger partial charge in [0.15, 0.2) is 0 Å². The molecule has 0 aliphatic carbocycles. The first kappa shape index (κ1) is 20.3. The number of rotatable bonds is 6. The van der Waals surface area contributed by atoms with Gasteiger partial charge in [-0.05, 0) is 43.3 Å². The minimum Gasteiger partial charge on any atom is -0.497 e. The molecule has 0 radical (unpaired) electrons. The molecule has 3 amide bonds. The molecular weight excluding hydrogens is 392 g/mol. The van der Waals surface area contributed by atoms with Crippen LogP contribution in [0.15, 0.2) is 72.8 Å². The summed E-state index contributed by atoms with van der Waals surface area (Å²) < 4.78 is 5.31. The molecule has 0 saturated heterocycles. The molecule has 31 heavy (non-hydrogen) atoms. The van der Waals surface area contributed by atoms with E-state index >= 15 is 0 Å². The number of hydrogen-bond donors (Lipinski definition) is 0. The highest BCUT2D eigenvalue weighted by molar-refractivity contribution is 6.21. The molecular formula is C25H22N2O4. The zero-order valence-electron chi connectivity index (χ0n) is 17.4. The highest BCUT2D eigenvalue weighted by atomic mass is 16.5. The third-order valence-electron chi connectivity index (χ3n) is 5.30. The van der Waals surface area contributed by atoms with Crippen molar-refractivity contribution in [1.29, 1.82) is 0 Å². The average molecular weight is 414 g/mol. The highest BCUT2D eigenvalue weighted by Gasteiger charge is 2.35. The number of carbonyl (C=O) groups is 3. The Morgan fingerprint density at radius 1 is 0.903 bits per heavy atom. The van der Waals surface area contributed by atoms with E-state index in [0.717, 1.165) is 5.56 Å². The van der Waals surface area contributed by atoms with E-state index < -0.39 is 0 Å². The Morgan fingerprint density at radius 2 is 1.58 bits per heavy atom. The Kier molecular flexibility index (Phi) is 5.54. The quantitative estimate of drug-likeness (QED) is 0.573. The van der Waals surface area contributed by atoms with Gasteiger partial charge in [-0.15, -0.1) is 0 Å². The maximum Gasteiger partial charge on any atom is 0.261 e. The van der Waals surface area contributed by atoms with Gasteiger partial charge in [0, 0.05) is 30.4 Å². The minimum absolute atomic E-state index is 0.0844. The predicted molar refractivity (Wildman–Crippen MR) is 118 cm³/mol. The van der Waals surface area contributed by atoms with Gasteiger partial charge in [0.05, 0.1) is 18.2 Å². The van der Waals surface area contributed by atoms with Crippen LogP contribution in [0.4, 0.5) is 5.69 Å². The first-order valence-corrected chi connectivity index (χ1v) is 9.97. The van der Waals surface area contributed by atoms with Gasteiger partial charge in [0.25, 0.3) is 17.7 Å². The Labute approximate surface area is 180 Å². The van der Waals surface area contributed by atoms with Gasteiger partial charge in [0.2, 0.25) is 0 Å². The van der Waals surface area contributed by atoms with Crippen LogP contribution in [0.2, 0.25) is 0 Å². The van der Waals surface area contributed by atoms with Crippen LogP contribution in [0.25, 0.3) is 0 Å². The van der Waals surface area contributed by atoms with Crippen molar-refractivity contribution >= 4 is 23.4 Å². The SMILES string of the molecule is COc1cccc(N(CCN2C(=O)c3ccccc3C2=O)C(=O)c2cccc(C)c2)c1. The van der Waals surface area contributed by atoms with E-state index in [0.29, 0.717) is 28.1 Å². The van der Waals surface area contributed by atoms with Crippen molar-refractivity contribution in [3.8, 4) is 5.75 Å². The Hall–Kier alpha value is -3.93. The zero-order valence-corrected chi connectivity index (χ0v) is 17.4. The number of aryl methyl sites for hydroxylation is 1. The van der Waals surface area contributed by atoms with Gasteiger partial charge < -0.3 is 9.64 Å². The fraction of sp³-hybridized carbons (Fsp3) is 0.160. The van der Waals surface area contributed by atoms with E-state index in [-0.39, 0.29) is 30.8 Å². The van der Waals surface area contributed by atoms with E-state index in [1.807, 2.05) is 25.1 Å². The van der Waals surface area contributed by atoms with Crippen LogP contribution in [0, 0.1) is 6.92 Å². The largest absolute Gasteiger partial charge is 0.497 e.